The van der Waals surface area contributed by atoms with Crippen LogP contribution in [-0.2, 0) is 9.53 Å². The number of hydrogen-bond donors (Lipinski definition) is 2. The number of ether oxygens (including phenoxy) is 2. The quantitative estimate of drug-likeness (QED) is 0.792. The van der Waals surface area contributed by atoms with Gasteiger partial charge < -0.3 is 19.9 Å². The van der Waals surface area contributed by atoms with E-state index in [1.54, 1.807) is 0 Å². The normalized spacial score (nSPS) is 16.6. The predicted octanol–water partition coefficient (Wildman–Crippen LogP) is 2.15. The van der Waals surface area contributed by atoms with Gasteiger partial charge in [-0.1, -0.05) is 6.07 Å². The summed E-state index contributed by atoms with van der Waals surface area (Å²) in [7, 11) is 0. The van der Waals surface area contributed by atoms with E-state index in [9.17, 15) is 23.5 Å². The number of carboxylic acids is 1. The van der Waals surface area contributed by atoms with Gasteiger partial charge in [0, 0.05) is 25.3 Å². The third-order valence-corrected chi connectivity index (χ3v) is 3.96. The van der Waals surface area contributed by atoms with E-state index in [1.807, 2.05) is 0 Å². The summed E-state index contributed by atoms with van der Waals surface area (Å²) in [6, 6.07) is 5.36. The van der Waals surface area contributed by atoms with E-state index in [0.29, 0.717) is 26.1 Å². The number of carboxylic acid groups (broad SMARTS) is 1. The maximum atomic E-state index is 12.2. The summed E-state index contributed by atoms with van der Waals surface area (Å²) in [5.41, 5.74) is 0.129. The molecule has 1 saturated heterocycles. The average Bonchev–Trinajstić information content (AvgIpc) is 2.55. The first-order valence-corrected chi connectivity index (χ1v) is 7.61. The lowest BCUT2D eigenvalue weighted by Crippen LogP contribution is -2.39. The van der Waals surface area contributed by atoms with Crippen LogP contribution in [0.25, 0.3) is 0 Å². The van der Waals surface area contributed by atoms with Gasteiger partial charge in [-0.05, 0) is 37.0 Å². The van der Waals surface area contributed by atoms with Gasteiger partial charge in [0.1, 0.15) is 5.75 Å². The number of rotatable bonds is 7. The van der Waals surface area contributed by atoms with E-state index in [1.165, 1.54) is 24.3 Å². The molecule has 8 heteroatoms. The highest BCUT2D eigenvalue weighted by atomic mass is 19.3. The number of hydrogen-bond acceptors (Lipinski definition) is 4. The monoisotopic (exact) mass is 343 g/mol. The molecule has 0 aliphatic carbocycles. The Hall–Kier alpha value is -2.22. The Morgan fingerprint density at radius 3 is 2.67 bits per heavy atom. The first kappa shape index (κ1) is 18.1. The molecule has 1 amide bonds. The Labute approximate surface area is 137 Å². The number of halogens is 2. The van der Waals surface area contributed by atoms with Crippen LogP contribution in [0, 0.1) is 11.8 Å². The third-order valence-electron chi connectivity index (χ3n) is 3.96. The fourth-order valence-electron chi connectivity index (χ4n) is 2.69. The van der Waals surface area contributed by atoms with Gasteiger partial charge in [-0.3, -0.25) is 9.59 Å². The molecule has 1 fully saturated rings. The van der Waals surface area contributed by atoms with Gasteiger partial charge in [-0.25, -0.2) is 0 Å². The lowest BCUT2D eigenvalue weighted by molar-refractivity contribution is -0.144. The standard InChI is InChI=1S/C16H19F2NO5/c17-16(18)24-12-3-1-2-11(8-12)14(20)19-9-13(15(21)22)10-4-6-23-7-5-10/h1-3,8,10,13,16H,4-7,9H2,(H,19,20)(H,21,22). The van der Waals surface area contributed by atoms with Gasteiger partial charge in [0.25, 0.3) is 5.91 Å². The van der Waals surface area contributed by atoms with E-state index in [0.717, 1.165) is 0 Å². The first-order chi connectivity index (χ1) is 11.5. The molecular formula is C16H19F2NO5. The SMILES string of the molecule is O=C(NCC(C(=O)O)C1CCOCC1)c1cccc(OC(F)F)c1. The van der Waals surface area contributed by atoms with Crippen molar-refractivity contribution in [2.75, 3.05) is 19.8 Å². The van der Waals surface area contributed by atoms with Gasteiger partial charge >= 0.3 is 12.6 Å². The molecule has 1 heterocycles. The number of alkyl halides is 2. The summed E-state index contributed by atoms with van der Waals surface area (Å²) < 4.78 is 33.9. The van der Waals surface area contributed by atoms with Crippen molar-refractivity contribution in [3.63, 3.8) is 0 Å². The van der Waals surface area contributed by atoms with Crippen molar-refractivity contribution >= 4 is 11.9 Å². The largest absolute Gasteiger partial charge is 0.481 e. The molecule has 1 aliphatic rings. The van der Waals surface area contributed by atoms with Crippen molar-refractivity contribution < 1.29 is 33.0 Å². The lowest BCUT2D eigenvalue weighted by Gasteiger charge is -2.27. The molecule has 1 aromatic carbocycles. The summed E-state index contributed by atoms with van der Waals surface area (Å²) >= 11 is 0. The second kappa shape index (κ2) is 8.58. The molecule has 0 saturated carbocycles. The summed E-state index contributed by atoms with van der Waals surface area (Å²) in [6.07, 6.45) is 1.26. The maximum absolute atomic E-state index is 12.2. The van der Waals surface area contributed by atoms with Gasteiger partial charge in [-0.15, -0.1) is 0 Å². The van der Waals surface area contributed by atoms with E-state index >= 15 is 0 Å². The number of carbonyl (C=O) groups excluding carboxylic acids is 1. The molecule has 2 N–H and O–H groups in total. The van der Waals surface area contributed by atoms with E-state index in [-0.39, 0.29) is 23.8 Å². The Morgan fingerprint density at radius 1 is 1.33 bits per heavy atom. The van der Waals surface area contributed by atoms with Crippen molar-refractivity contribution in [3.8, 4) is 5.75 Å². The number of aliphatic carboxylic acids is 1. The minimum absolute atomic E-state index is 0.0290. The Kier molecular flexibility index (Phi) is 6.48. The smallest absolute Gasteiger partial charge is 0.387 e. The molecule has 0 spiro atoms. The van der Waals surface area contributed by atoms with Crippen molar-refractivity contribution in [1.82, 2.24) is 5.32 Å². The fraction of sp³-hybridized carbons (Fsp3) is 0.500. The maximum Gasteiger partial charge on any atom is 0.387 e. The molecule has 1 unspecified atom stereocenters. The number of benzene rings is 1. The Balaban J connectivity index is 1.96. The molecule has 0 aromatic heterocycles. The van der Waals surface area contributed by atoms with E-state index in [4.69, 9.17) is 4.74 Å². The molecular weight excluding hydrogens is 324 g/mol. The third kappa shape index (κ3) is 5.16. The highest BCUT2D eigenvalue weighted by Crippen LogP contribution is 2.24. The predicted molar refractivity (Wildman–Crippen MR) is 80.1 cm³/mol. The fourth-order valence-corrected chi connectivity index (χ4v) is 2.69. The summed E-state index contributed by atoms with van der Waals surface area (Å²) in [5.74, 6) is -2.41. The Bertz CT molecular complexity index is 575. The van der Waals surface area contributed by atoms with Crippen LogP contribution in [0.5, 0.6) is 5.75 Å². The average molecular weight is 343 g/mol. The zero-order chi connectivity index (χ0) is 17.5. The molecule has 0 radical (unpaired) electrons. The summed E-state index contributed by atoms with van der Waals surface area (Å²) in [6.45, 7) is -1.99. The molecule has 1 aromatic rings. The molecule has 1 atom stereocenters. The Morgan fingerprint density at radius 2 is 2.04 bits per heavy atom. The van der Waals surface area contributed by atoms with Crippen molar-refractivity contribution in [3.05, 3.63) is 29.8 Å². The molecule has 2 rings (SSSR count). The van der Waals surface area contributed by atoms with Crippen LogP contribution in [0.3, 0.4) is 0 Å². The van der Waals surface area contributed by atoms with E-state index < -0.39 is 24.4 Å². The number of carbonyl (C=O) groups is 2. The van der Waals surface area contributed by atoms with Crippen LogP contribution in [0.1, 0.15) is 23.2 Å². The van der Waals surface area contributed by atoms with E-state index in [2.05, 4.69) is 10.1 Å². The minimum atomic E-state index is -2.98. The number of nitrogens with one attached hydrogen (secondary N) is 1. The topological polar surface area (TPSA) is 84.9 Å². The zero-order valence-corrected chi connectivity index (χ0v) is 12.9. The van der Waals surface area contributed by atoms with Crippen LogP contribution in [0.2, 0.25) is 0 Å². The summed E-state index contributed by atoms with van der Waals surface area (Å²) in [4.78, 5) is 23.5. The van der Waals surface area contributed by atoms with Gasteiger partial charge in [0.2, 0.25) is 0 Å². The van der Waals surface area contributed by atoms with Crippen molar-refractivity contribution in [2.45, 2.75) is 19.5 Å². The zero-order valence-electron chi connectivity index (χ0n) is 12.9. The number of amides is 1. The van der Waals surface area contributed by atoms with Crippen LogP contribution in [-0.4, -0.2) is 43.4 Å². The molecule has 24 heavy (non-hydrogen) atoms. The molecule has 132 valence electrons. The van der Waals surface area contributed by atoms with Crippen molar-refractivity contribution in [2.24, 2.45) is 11.8 Å². The van der Waals surface area contributed by atoms with Gasteiger partial charge in [-0.2, -0.15) is 8.78 Å². The minimum Gasteiger partial charge on any atom is -0.481 e. The highest BCUT2D eigenvalue weighted by Gasteiger charge is 2.30. The first-order valence-electron chi connectivity index (χ1n) is 7.61. The van der Waals surface area contributed by atoms with Gasteiger partial charge in [0.15, 0.2) is 0 Å². The highest BCUT2D eigenvalue weighted by molar-refractivity contribution is 5.94. The second-order valence-corrected chi connectivity index (χ2v) is 5.51. The second-order valence-electron chi connectivity index (χ2n) is 5.51. The van der Waals surface area contributed by atoms with Gasteiger partial charge in [0.05, 0.1) is 5.92 Å². The summed E-state index contributed by atoms with van der Waals surface area (Å²) in [5, 5.41) is 11.9. The van der Waals surface area contributed by atoms with Crippen molar-refractivity contribution in [1.29, 1.82) is 0 Å². The van der Waals surface area contributed by atoms with Crippen LogP contribution < -0.4 is 10.1 Å². The molecule has 0 bridgehead atoms. The van der Waals surface area contributed by atoms with Crippen LogP contribution >= 0.6 is 0 Å². The van der Waals surface area contributed by atoms with Crippen LogP contribution in [0.4, 0.5) is 8.78 Å². The molecule has 1 aliphatic heterocycles. The van der Waals surface area contributed by atoms with Crippen LogP contribution in [0.15, 0.2) is 24.3 Å². The lowest BCUT2D eigenvalue weighted by atomic mass is 9.86. The molecule has 6 nitrogen and oxygen atoms in total.